The molecule has 1 spiro atoms. The fourth-order valence-electron chi connectivity index (χ4n) is 9.25. The van der Waals surface area contributed by atoms with Gasteiger partial charge < -0.3 is 20.1 Å². The van der Waals surface area contributed by atoms with E-state index in [1.807, 2.05) is 0 Å². The number of aliphatic hydroxyl groups is 3. The van der Waals surface area contributed by atoms with Gasteiger partial charge in [0, 0.05) is 11.8 Å². The van der Waals surface area contributed by atoms with Crippen molar-refractivity contribution in [2.75, 3.05) is 0 Å². The maximum atomic E-state index is 11.7. The fraction of sp³-hybridized carbons (Fsp3) is 0.923. The second-order valence-electron chi connectivity index (χ2n) is 12.4. The molecule has 7 unspecified atom stereocenters. The van der Waals surface area contributed by atoms with E-state index in [2.05, 4.69) is 40.7 Å². The van der Waals surface area contributed by atoms with Crippen molar-refractivity contribution in [1.29, 1.82) is 0 Å². The maximum absolute atomic E-state index is 11.7. The van der Waals surface area contributed by atoms with E-state index in [9.17, 15) is 15.3 Å². The van der Waals surface area contributed by atoms with E-state index in [0.29, 0.717) is 24.2 Å². The molecule has 0 aromatic rings. The molecule has 0 radical (unpaired) electrons. The van der Waals surface area contributed by atoms with E-state index in [1.54, 1.807) is 0 Å². The van der Waals surface area contributed by atoms with Gasteiger partial charge in [0.15, 0.2) is 0 Å². The molecule has 0 aromatic carbocycles. The molecule has 1 saturated heterocycles. The molecule has 1 heterocycles. The van der Waals surface area contributed by atoms with Gasteiger partial charge in [-0.2, -0.15) is 0 Å². The lowest BCUT2D eigenvalue weighted by Gasteiger charge is -2.63. The lowest BCUT2D eigenvalue weighted by atomic mass is 9.42. The van der Waals surface area contributed by atoms with Gasteiger partial charge in [-0.3, -0.25) is 0 Å². The Labute approximate surface area is 182 Å². The van der Waals surface area contributed by atoms with Crippen LogP contribution in [0.2, 0.25) is 0 Å². The van der Waals surface area contributed by atoms with Crippen molar-refractivity contribution in [3.05, 3.63) is 11.6 Å². The van der Waals surface area contributed by atoms with E-state index in [0.717, 1.165) is 19.3 Å². The first-order chi connectivity index (χ1) is 14.0. The lowest BCUT2D eigenvalue weighted by Crippen LogP contribution is -2.72. The van der Waals surface area contributed by atoms with Crippen LogP contribution in [-0.4, -0.2) is 44.8 Å². The second kappa shape index (κ2) is 6.56. The van der Waals surface area contributed by atoms with Gasteiger partial charge in [-0.15, -0.1) is 0 Å². The molecule has 5 aliphatic rings. The number of ether oxygens (including phenoxy) is 1. The standard InChI is InChI=1S/C26H42O4/c1-15(2)6-7-16(3)18-8-9-19-23(18,4)12-11-20-24(5)13-10-17(27)14-25(24,29)21(28)22-26(19,20)30-22/h6,16-22,27-29H,7-14H2,1-5H3/t16?,17-,18+,19?,20?,21?,22?,23+,24+,25?,26?/m0/s1. The zero-order valence-corrected chi connectivity index (χ0v) is 19.5. The summed E-state index contributed by atoms with van der Waals surface area (Å²) in [7, 11) is 0. The number of rotatable bonds is 3. The summed E-state index contributed by atoms with van der Waals surface area (Å²) >= 11 is 0. The van der Waals surface area contributed by atoms with E-state index in [-0.39, 0.29) is 34.9 Å². The summed E-state index contributed by atoms with van der Waals surface area (Å²) in [5.41, 5.74) is -0.231. The van der Waals surface area contributed by atoms with Crippen molar-refractivity contribution in [3.8, 4) is 0 Å². The summed E-state index contributed by atoms with van der Waals surface area (Å²) in [4.78, 5) is 0. The molecule has 5 rings (SSSR count). The van der Waals surface area contributed by atoms with Gasteiger partial charge in [0.2, 0.25) is 0 Å². The van der Waals surface area contributed by atoms with Gasteiger partial charge in [0.25, 0.3) is 0 Å². The minimum Gasteiger partial charge on any atom is -0.393 e. The van der Waals surface area contributed by atoms with Crippen molar-refractivity contribution in [2.24, 2.45) is 34.5 Å². The Kier molecular flexibility index (Phi) is 4.68. The molecule has 30 heavy (non-hydrogen) atoms. The maximum Gasteiger partial charge on any atom is 0.117 e. The zero-order chi connectivity index (χ0) is 21.7. The molecule has 1 aliphatic heterocycles. The van der Waals surface area contributed by atoms with Crippen molar-refractivity contribution in [2.45, 2.75) is 115 Å². The number of fused-ring (bicyclic) bond motifs is 3. The molecule has 4 heteroatoms. The molecule has 3 N–H and O–H groups in total. The van der Waals surface area contributed by atoms with Gasteiger partial charge in [-0.25, -0.2) is 0 Å². The van der Waals surface area contributed by atoms with Crippen molar-refractivity contribution in [1.82, 2.24) is 0 Å². The van der Waals surface area contributed by atoms with Crippen molar-refractivity contribution in [3.63, 3.8) is 0 Å². The Hall–Kier alpha value is -0.420. The van der Waals surface area contributed by atoms with Crippen LogP contribution < -0.4 is 0 Å². The van der Waals surface area contributed by atoms with Crippen LogP contribution in [0, 0.1) is 34.5 Å². The van der Waals surface area contributed by atoms with E-state index in [4.69, 9.17) is 4.74 Å². The summed E-state index contributed by atoms with van der Waals surface area (Å²) in [5, 5.41) is 33.3. The van der Waals surface area contributed by atoms with Crippen LogP contribution in [0.3, 0.4) is 0 Å². The Bertz CT molecular complexity index is 745. The number of aliphatic hydroxyl groups excluding tert-OH is 2. The topological polar surface area (TPSA) is 73.2 Å². The molecule has 4 saturated carbocycles. The van der Waals surface area contributed by atoms with E-state index >= 15 is 0 Å². The molecule has 0 aromatic heterocycles. The average Bonchev–Trinajstić information content (AvgIpc) is 3.28. The number of allylic oxidation sites excluding steroid dienone is 2. The molecule has 0 bridgehead atoms. The summed E-state index contributed by atoms with van der Waals surface area (Å²) in [6.45, 7) is 11.5. The predicted molar refractivity (Wildman–Crippen MR) is 117 cm³/mol. The Morgan fingerprint density at radius 3 is 2.50 bits per heavy atom. The van der Waals surface area contributed by atoms with Crippen LogP contribution >= 0.6 is 0 Å². The molecular weight excluding hydrogens is 376 g/mol. The highest BCUT2D eigenvalue weighted by Gasteiger charge is 2.84. The minimum atomic E-state index is -1.23. The van der Waals surface area contributed by atoms with Gasteiger partial charge in [-0.05, 0) is 87.9 Å². The van der Waals surface area contributed by atoms with Gasteiger partial charge in [0.1, 0.15) is 23.4 Å². The molecule has 5 fully saturated rings. The average molecular weight is 419 g/mol. The first-order valence-electron chi connectivity index (χ1n) is 12.4. The monoisotopic (exact) mass is 418 g/mol. The largest absolute Gasteiger partial charge is 0.393 e. The minimum absolute atomic E-state index is 0.250. The zero-order valence-electron chi connectivity index (χ0n) is 19.5. The number of epoxide rings is 1. The summed E-state index contributed by atoms with van der Waals surface area (Å²) < 4.78 is 6.54. The SMILES string of the molecule is CC(C)=CCC(C)[C@H]1CCC2C34OC3C(O)C3(O)C[C@@H](O)CC[C@]3(C)C4CC[C@@]21C. The lowest BCUT2D eigenvalue weighted by molar-refractivity contribution is -0.246. The number of hydrogen-bond donors (Lipinski definition) is 3. The molecule has 0 amide bonds. The fourth-order valence-corrected chi connectivity index (χ4v) is 9.25. The van der Waals surface area contributed by atoms with Crippen LogP contribution in [0.25, 0.3) is 0 Å². The highest BCUT2D eigenvalue weighted by atomic mass is 16.6. The summed E-state index contributed by atoms with van der Waals surface area (Å²) in [6.07, 6.45) is 8.31. The van der Waals surface area contributed by atoms with Crippen molar-refractivity contribution >= 4 is 0 Å². The molecule has 4 nitrogen and oxygen atoms in total. The van der Waals surface area contributed by atoms with Gasteiger partial charge in [-0.1, -0.05) is 32.4 Å². The van der Waals surface area contributed by atoms with E-state index in [1.165, 1.54) is 24.8 Å². The first-order valence-corrected chi connectivity index (χ1v) is 12.4. The predicted octanol–water partition coefficient (Wildman–Crippen LogP) is 4.22. The summed E-state index contributed by atoms with van der Waals surface area (Å²) in [6, 6.07) is 0. The quantitative estimate of drug-likeness (QED) is 0.474. The van der Waals surface area contributed by atoms with Crippen LogP contribution in [0.15, 0.2) is 11.6 Å². The highest BCUT2D eigenvalue weighted by molar-refractivity contribution is 5.32. The Balaban J connectivity index is 1.48. The highest BCUT2D eigenvalue weighted by Crippen LogP contribution is 2.76. The first kappa shape index (κ1) is 21.4. The normalized spacial score (nSPS) is 57.5. The van der Waals surface area contributed by atoms with Crippen LogP contribution in [0.1, 0.15) is 86.0 Å². The smallest absolute Gasteiger partial charge is 0.117 e. The van der Waals surface area contributed by atoms with Gasteiger partial charge >= 0.3 is 0 Å². The Morgan fingerprint density at radius 2 is 1.80 bits per heavy atom. The van der Waals surface area contributed by atoms with E-state index < -0.39 is 17.8 Å². The molecule has 11 atom stereocenters. The molecule has 4 aliphatic carbocycles. The van der Waals surface area contributed by atoms with Crippen LogP contribution in [0.4, 0.5) is 0 Å². The van der Waals surface area contributed by atoms with Gasteiger partial charge in [0.05, 0.1) is 6.10 Å². The molecular formula is C26H42O4. The second-order valence-corrected chi connectivity index (χ2v) is 12.4. The van der Waals surface area contributed by atoms with Crippen LogP contribution in [-0.2, 0) is 4.74 Å². The van der Waals surface area contributed by atoms with Crippen molar-refractivity contribution < 1.29 is 20.1 Å². The number of hydrogen-bond acceptors (Lipinski definition) is 4. The third-order valence-corrected chi connectivity index (χ3v) is 10.9. The third-order valence-electron chi connectivity index (χ3n) is 10.9. The Morgan fingerprint density at radius 1 is 1.07 bits per heavy atom. The van der Waals surface area contributed by atoms with Crippen LogP contribution in [0.5, 0.6) is 0 Å². The molecule has 170 valence electrons. The third kappa shape index (κ3) is 2.48. The summed E-state index contributed by atoms with van der Waals surface area (Å²) in [5.74, 6) is 2.10.